The van der Waals surface area contributed by atoms with Crippen molar-refractivity contribution in [1.82, 2.24) is 39.7 Å². The van der Waals surface area contributed by atoms with Gasteiger partial charge in [-0.05, 0) is 32.8 Å². The molecule has 2 fully saturated rings. The molecule has 3 N–H and O–H groups in total. The van der Waals surface area contributed by atoms with Crippen LogP contribution in [-0.2, 0) is 9.47 Å². The van der Waals surface area contributed by atoms with Gasteiger partial charge in [0.1, 0.15) is 12.2 Å². The number of hydrogen-bond acceptors (Lipinski definition) is 9. The zero-order valence-corrected chi connectivity index (χ0v) is 20.6. The fraction of sp³-hybridized carbons (Fsp3) is 0.417. The number of nitrogens with zero attached hydrogens (tertiary/aromatic N) is 7. The van der Waals surface area contributed by atoms with Gasteiger partial charge < -0.3 is 20.1 Å². The van der Waals surface area contributed by atoms with Crippen LogP contribution in [0.4, 0.5) is 21.0 Å². The lowest BCUT2D eigenvalue weighted by Gasteiger charge is -2.16. The summed E-state index contributed by atoms with van der Waals surface area (Å²) in [6, 6.07) is 5.80. The number of hydrogen-bond donors (Lipinski definition) is 3. The van der Waals surface area contributed by atoms with Crippen LogP contribution in [0.2, 0.25) is 0 Å². The minimum absolute atomic E-state index is 0.0772. The maximum absolute atomic E-state index is 15.0. The molecule has 1 aliphatic carbocycles. The number of aromatic nitrogens is 7. The Bertz CT molecular complexity index is 1530. The first-order valence-electron chi connectivity index (χ1n) is 12.3. The zero-order valence-electron chi connectivity index (χ0n) is 20.6. The zero-order chi connectivity index (χ0) is 26.4. The van der Waals surface area contributed by atoms with Crippen LogP contribution in [0.25, 0.3) is 16.9 Å². The number of anilines is 2. The summed E-state index contributed by atoms with van der Waals surface area (Å²) in [6.07, 6.45) is 2.86. The number of H-pyrrole nitrogens is 1. The Balaban J connectivity index is 1.23. The van der Waals surface area contributed by atoms with E-state index in [0.29, 0.717) is 29.1 Å². The Morgan fingerprint density at radius 1 is 1.39 bits per heavy atom. The van der Waals surface area contributed by atoms with Crippen LogP contribution in [0.5, 0.6) is 0 Å². The van der Waals surface area contributed by atoms with Crippen LogP contribution in [-0.4, -0.2) is 65.4 Å². The Kier molecular flexibility index (Phi) is 5.91. The smallest absolute Gasteiger partial charge is 0.407 e. The van der Waals surface area contributed by atoms with Gasteiger partial charge in [0.15, 0.2) is 29.4 Å². The van der Waals surface area contributed by atoms with Crippen LogP contribution in [0.3, 0.4) is 0 Å². The highest BCUT2D eigenvalue weighted by atomic mass is 19.1. The summed E-state index contributed by atoms with van der Waals surface area (Å²) < 4.78 is 29.4. The van der Waals surface area contributed by atoms with Crippen LogP contribution in [0.1, 0.15) is 50.2 Å². The number of carbonyl (C=O) groups is 1. The van der Waals surface area contributed by atoms with Gasteiger partial charge in [0.2, 0.25) is 5.95 Å². The normalized spacial score (nSPS) is 21.1. The molecular weight excluding hydrogens is 495 g/mol. The molecule has 2 aliphatic rings. The fourth-order valence-corrected chi connectivity index (χ4v) is 4.45. The lowest BCUT2D eigenvalue weighted by atomic mass is 10.1. The van der Waals surface area contributed by atoms with Gasteiger partial charge in [0, 0.05) is 24.5 Å². The van der Waals surface area contributed by atoms with E-state index in [9.17, 15) is 10.1 Å². The summed E-state index contributed by atoms with van der Waals surface area (Å²) >= 11 is 0. The summed E-state index contributed by atoms with van der Waals surface area (Å²) in [4.78, 5) is 20.9. The van der Waals surface area contributed by atoms with Crippen LogP contribution >= 0.6 is 0 Å². The quantitative estimate of drug-likeness (QED) is 0.332. The van der Waals surface area contributed by atoms with Gasteiger partial charge in [-0.2, -0.15) is 15.5 Å². The average molecular weight is 521 g/mol. The lowest BCUT2D eigenvalue weighted by molar-refractivity contribution is 0.0615. The van der Waals surface area contributed by atoms with Gasteiger partial charge in [-0.3, -0.25) is 14.2 Å². The topological polar surface area (TPSA) is 160 Å². The average Bonchev–Trinajstić information content (AvgIpc) is 3.25. The SMILES string of the molecule is CC(C)NC(=O)O[C@H]1CO[C@@H](c2cc(Nc3ncc(-c4ccnn4C4CC4)c4nc(C#N)cn34)n[nH]2)[C@@H]1F. The standard InChI is InChI=1S/C24H25FN10O3/c1-12(2)29-24(36)38-18-11-37-21(20(18)25)16-7-19(33-32-16)31-23-27-9-15(22-30-13(8-26)10-34(22)23)17-5-6-28-35(17)14-3-4-14/h5-7,9-10,12,14,18,20-21H,3-4,11H2,1-2H3,(H,29,36)(H2,27,31,32,33)/t18-,20+,21-/m0/s1. The molecular formula is C24H25FN10O3. The number of nitrogens with one attached hydrogen (secondary N) is 3. The first kappa shape index (κ1) is 23.9. The molecule has 4 aromatic rings. The molecule has 38 heavy (non-hydrogen) atoms. The van der Waals surface area contributed by atoms with Crippen LogP contribution in [0.15, 0.2) is 30.7 Å². The van der Waals surface area contributed by atoms with Crippen LogP contribution in [0, 0.1) is 11.3 Å². The van der Waals surface area contributed by atoms with E-state index < -0.39 is 24.5 Å². The number of ether oxygens (including phenoxy) is 2. The van der Waals surface area contributed by atoms with Crippen molar-refractivity contribution < 1.29 is 18.7 Å². The number of alkyl carbamates (subject to hydrolysis) is 1. The van der Waals surface area contributed by atoms with E-state index in [1.807, 2.05) is 10.7 Å². The largest absolute Gasteiger partial charge is 0.441 e. The number of imidazole rings is 1. The van der Waals surface area contributed by atoms with E-state index in [1.165, 1.54) is 0 Å². The van der Waals surface area contributed by atoms with Gasteiger partial charge in [0.05, 0.1) is 35.8 Å². The minimum atomic E-state index is -1.58. The highest BCUT2D eigenvalue weighted by Crippen LogP contribution is 2.39. The summed E-state index contributed by atoms with van der Waals surface area (Å²) in [5, 5.41) is 26.6. The van der Waals surface area contributed by atoms with E-state index in [2.05, 4.69) is 42.0 Å². The summed E-state index contributed by atoms with van der Waals surface area (Å²) in [5.74, 6) is 0.721. The molecule has 14 heteroatoms. The molecule has 0 spiro atoms. The minimum Gasteiger partial charge on any atom is -0.441 e. The highest BCUT2D eigenvalue weighted by molar-refractivity contribution is 5.77. The van der Waals surface area contributed by atoms with Crippen molar-refractivity contribution in [2.24, 2.45) is 0 Å². The van der Waals surface area contributed by atoms with Crippen molar-refractivity contribution in [3.05, 3.63) is 42.1 Å². The molecule has 3 atom stereocenters. The maximum Gasteiger partial charge on any atom is 0.407 e. The van der Waals surface area contributed by atoms with Gasteiger partial charge >= 0.3 is 6.09 Å². The molecule has 5 heterocycles. The van der Waals surface area contributed by atoms with E-state index in [1.54, 1.807) is 42.9 Å². The molecule has 0 aromatic carbocycles. The molecule has 0 unspecified atom stereocenters. The second kappa shape index (κ2) is 9.42. The Hall–Kier alpha value is -4.51. The number of fused-ring (bicyclic) bond motifs is 1. The maximum atomic E-state index is 15.0. The number of aromatic amines is 1. The highest BCUT2D eigenvalue weighted by Gasteiger charge is 2.42. The molecule has 6 rings (SSSR count). The number of amides is 1. The molecule has 1 saturated carbocycles. The van der Waals surface area contributed by atoms with E-state index >= 15 is 4.39 Å². The first-order valence-corrected chi connectivity index (χ1v) is 12.3. The Morgan fingerprint density at radius 2 is 2.24 bits per heavy atom. The van der Waals surface area contributed by atoms with Crippen molar-refractivity contribution in [3.63, 3.8) is 0 Å². The third-order valence-corrected chi connectivity index (χ3v) is 6.34. The van der Waals surface area contributed by atoms with Crippen molar-refractivity contribution >= 4 is 23.5 Å². The number of alkyl halides is 1. The molecule has 13 nitrogen and oxygen atoms in total. The molecule has 1 amide bonds. The predicted octanol–water partition coefficient (Wildman–Crippen LogP) is 3.18. The second-order valence-corrected chi connectivity index (χ2v) is 9.59. The van der Waals surface area contributed by atoms with Crippen molar-refractivity contribution in [2.45, 2.75) is 57.2 Å². The van der Waals surface area contributed by atoms with Gasteiger partial charge in [-0.15, -0.1) is 0 Å². The van der Waals surface area contributed by atoms with Gasteiger partial charge in [0.25, 0.3) is 0 Å². The van der Waals surface area contributed by atoms with Crippen molar-refractivity contribution in [1.29, 1.82) is 5.26 Å². The number of rotatable bonds is 7. The molecule has 0 radical (unpaired) electrons. The summed E-state index contributed by atoms with van der Waals surface area (Å²) in [7, 11) is 0. The summed E-state index contributed by atoms with van der Waals surface area (Å²) in [6.45, 7) is 3.49. The van der Waals surface area contributed by atoms with E-state index in [-0.39, 0.29) is 18.3 Å². The first-order chi connectivity index (χ1) is 18.4. The van der Waals surface area contributed by atoms with Crippen LogP contribution < -0.4 is 10.6 Å². The number of halogens is 1. The lowest BCUT2D eigenvalue weighted by Crippen LogP contribution is -2.36. The van der Waals surface area contributed by atoms with Gasteiger partial charge in [-0.1, -0.05) is 0 Å². The van der Waals surface area contributed by atoms with E-state index in [4.69, 9.17) is 9.47 Å². The Labute approximate surface area is 216 Å². The molecule has 1 aliphatic heterocycles. The van der Waals surface area contributed by atoms with Crippen molar-refractivity contribution in [3.8, 4) is 17.3 Å². The summed E-state index contributed by atoms with van der Waals surface area (Å²) in [5.41, 5.74) is 2.77. The number of carbonyl (C=O) groups excluding carboxylic acids is 1. The third-order valence-electron chi connectivity index (χ3n) is 6.34. The molecule has 1 saturated heterocycles. The second-order valence-electron chi connectivity index (χ2n) is 9.59. The number of nitriles is 1. The third kappa shape index (κ3) is 4.41. The van der Waals surface area contributed by atoms with E-state index in [0.717, 1.165) is 24.1 Å². The molecule has 196 valence electrons. The monoisotopic (exact) mass is 520 g/mol. The van der Waals surface area contributed by atoms with Crippen molar-refractivity contribution in [2.75, 3.05) is 11.9 Å². The molecule has 0 bridgehead atoms. The Morgan fingerprint density at radius 3 is 3.00 bits per heavy atom. The predicted molar refractivity (Wildman–Crippen MR) is 131 cm³/mol. The molecule has 4 aromatic heterocycles. The van der Waals surface area contributed by atoms with Gasteiger partial charge in [-0.25, -0.2) is 19.2 Å². The fourth-order valence-electron chi connectivity index (χ4n) is 4.45.